The van der Waals surface area contributed by atoms with Crippen LogP contribution >= 0.6 is 0 Å². The summed E-state index contributed by atoms with van der Waals surface area (Å²) in [6.45, 7) is 3.24. The summed E-state index contributed by atoms with van der Waals surface area (Å²) in [5, 5.41) is 4.86. The van der Waals surface area contributed by atoms with Crippen molar-refractivity contribution in [2.24, 2.45) is 0 Å². The zero-order valence-corrected chi connectivity index (χ0v) is 17.1. The van der Waals surface area contributed by atoms with E-state index in [-0.39, 0.29) is 17.4 Å². The molecule has 0 bridgehead atoms. The van der Waals surface area contributed by atoms with Crippen LogP contribution in [0.4, 0.5) is 4.39 Å². The predicted octanol–water partition coefficient (Wildman–Crippen LogP) is 5.14. The number of H-pyrrole nitrogens is 1. The second-order valence-electron chi connectivity index (χ2n) is 8.15. The van der Waals surface area contributed by atoms with Crippen LogP contribution in [-0.2, 0) is 12.0 Å². The minimum absolute atomic E-state index is 0.0126. The molecule has 3 aromatic rings. The van der Waals surface area contributed by atoms with Crippen LogP contribution in [0.5, 0.6) is 0 Å². The molecule has 1 aromatic heterocycles. The van der Waals surface area contributed by atoms with E-state index in [0.717, 1.165) is 37.7 Å². The molecule has 2 N–H and O–H groups in total. The Morgan fingerprint density at radius 3 is 2.64 bits per heavy atom. The van der Waals surface area contributed by atoms with Crippen LogP contribution in [0, 0.1) is 5.82 Å². The molecular weight excluding hydrogens is 349 g/mol. The maximum atomic E-state index is 13.7. The number of nitrogens with zero attached hydrogens (tertiary/aromatic N) is 1. The van der Waals surface area contributed by atoms with Gasteiger partial charge < -0.3 is 10.3 Å². The molecule has 4 rings (SSSR count). The summed E-state index contributed by atoms with van der Waals surface area (Å²) < 4.78 is 13.7. The van der Waals surface area contributed by atoms with Gasteiger partial charge in [-0.3, -0.25) is 4.90 Å². The fraction of sp³-hybridized carbons (Fsp3) is 0.417. The van der Waals surface area contributed by atoms with Crippen molar-refractivity contribution >= 4 is 10.9 Å². The summed E-state index contributed by atoms with van der Waals surface area (Å²) in [6.07, 6.45) is 4.13. The number of halogens is 1. The van der Waals surface area contributed by atoms with Crippen molar-refractivity contribution < 1.29 is 4.39 Å². The molecule has 28 heavy (non-hydrogen) atoms. The molecule has 2 unspecified atom stereocenters. The molecule has 1 aliphatic rings. The van der Waals surface area contributed by atoms with Crippen LogP contribution in [0.2, 0.25) is 0 Å². The highest BCUT2D eigenvalue weighted by Gasteiger charge is 2.34. The van der Waals surface area contributed by atoms with Gasteiger partial charge in [0.2, 0.25) is 0 Å². The molecule has 0 saturated carbocycles. The van der Waals surface area contributed by atoms with Crippen molar-refractivity contribution in [2.75, 3.05) is 20.6 Å². The number of aromatic amines is 1. The van der Waals surface area contributed by atoms with E-state index in [4.69, 9.17) is 0 Å². The molecule has 0 saturated heterocycles. The van der Waals surface area contributed by atoms with E-state index in [2.05, 4.69) is 66.6 Å². The average molecular weight is 380 g/mol. The van der Waals surface area contributed by atoms with E-state index in [1.54, 1.807) is 12.1 Å². The van der Waals surface area contributed by atoms with E-state index in [1.807, 2.05) is 6.07 Å². The van der Waals surface area contributed by atoms with Crippen molar-refractivity contribution in [3.05, 3.63) is 71.2 Å². The summed E-state index contributed by atoms with van der Waals surface area (Å²) >= 11 is 0. The lowest BCUT2D eigenvalue weighted by atomic mass is 9.80. The third kappa shape index (κ3) is 3.25. The molecule has 2 aromatic carbocycles. The molecule has 0 fully saturated rings. The molecule has 2 atom stereocenters. The molecule has 0 radical (unpaired) electrons. The topological polar surface area (TPSA) is 31.1 Å². The molecule has 148 valence electrons. The minimum Gasteiger partial charge on any atom is -0.357 e. The Balaban J connectivity index is 1.64. The highest BCUT2D eigenvalue weighted by molar-refractivity contribution is 5.85. The zero-order valence-electron chi connectivity index (χ0n) is 17.1. The standard InChI is InChI=1S/C24H30FN3/c1-4-24(28(2)3,17-8-6-5-7-9-17)14-12-21-23-20(13-15-26-21)19-11-10-18(25)16-22(19)27-23/h5-11,16,21,26-27H,4,12-15H2,1-3H3. The SMILES string of the molecule is CCC(CCC1NCCc2c1[nH]c1cc(F)ccc21)(c1ccccc1)N(C)C. The van der Waals surface area contributed by atoms with Gasteiger partial charge in [-0.25, -0.2) is 4.39 Å². The van der Waals surface area contributed by atoms with E-state index in [9.17, 15) is 4.39 Å². The number of nitrogens with one attached hydrogen (secondary N) is 2. The van der Waals surface area contributed by atoms with Crippen LogP contribution in [0.25, 0.3) is 10.9 Å². The number of fused-ring (bicyclic) bond motifs is 3. The fourth-order valence-electron chi connectivity index (χ4n) is 4.99. The van der Waals surface area contributed by atoms with E-state index in [0.29, 0.717) is 0 Å². The van der Waals surface area contributed by atoms with Gasteiger partial charge in [0, 0.05) is 28.2 Å². The van der Waals surface area contributed by atoms with Crippen molar-refractivity contribution in [1.29, 1.82) is 0 Å². The molecule has 3 nitrogen and oxygen atoms in total. The van der Waals surface area contributed by atoms with E-state index in [1.165, 1.54) is 22.2 Å². The van der Waals surface area contributed by atoms with Gasteiger partial charge in [0.05, 0.1) is 0 Å². The number of rotatable bonds is 6. The van der Waals surface area contributed by atoms with E-state index < -0.39 is 0 Å². The van der Waals surface area contributed by atoms with Gasteiger partial charge in [-0.1, -0.05) is 37.3 Å². The van der Waals surface area contributed by atoms with E-state index >= 15 is 0 Å². The summed E-state index contributed by atoms with van der Waals surface area (Å²) in [7, 11) is 4.36. The summed E-state index contributed by atoms with van der Waals surface area (Å²) in [4.78, 5) is 5.88. The molecule has 0 amide bonds. The fourth-order valence-corrected chi connectivity index (χ4v) is 4.99. The van der Waals surface area contributed by atoms with Crippen LogP contribution in [0.3, 0.4) is 0 Å². The molecule has 0 spiro atoms. The minimum atomic E-state index is -0.183. The largest absolute Gasteiger partial charge is 0.357 e. The quantitative estimate of drug-likeness (QED) is 0.621. The highest BCUT2D eigenvalue weighted by Crippen LogP contribution is 2.39. The normalized spacial score (nSPS) is 19.0. The van der Waals surface area contributed by atoms with Crippen molar-refractivity contribution in [3.8, 4) is 0 Å². The van der Waals surface area contributed by atoms with Crippen molar-refractivity contribution in [1.82, 2.24) is 15.2 Å². The van der Waals surface area contributed by atoms with Crippen molar-refractivity contribution in [3.63, 3.8) is 0 Å². The lowest BCUT2D eigenvalue weighted by Crippen LogP contribution is -2.42. The molecule has 1 aliphatic heterocycles. The predicted molar refractivity (Wildman–Crippen MR) is 114 cm³/mol. The first-order valence-corrected chi connectivity index (χ1v) is 10.3. The molecule has 0 aliphatic carbocycles. The highest BCUT2D eigenvalue weighted by atomic mass is 19.1. The Morgan fingerprint density at radius 1 is 1.14 bits per heavy atom. The van der Waals surface area contributed by atoms with Gasteiger partial charge >= 0.3 is 0 Å². The Labute approximate surface area is 166 Å². The first-order valence-electron chi connectivity index (χ1n) is 10.3. The van der Waals surface area contributed by atoms with Gasteiger partial charge in [0.15, 0.2) is 0 Å². The Hall–Kier alpha value is -2.17. The monoisotopic (exact) mass is 379 g/mol. The maximum Gasteiger partial charge on any atom is 0.125 e. The van der Waals surface area contributed by atoms with Crippen molar-refractivity contribution in [2.45, 2.75) is 44.2 Å². The van der Waals surface area contributed by atoms with Crippen LogP contribution < -0.4 is 5.32 Å². The molecule has 2 heterocycles. The number of benzene rings is 2. The third-order valence-corrected chi connectivity index (χ3v) is 6.61. The maximum absolute atomic E-state index is 13.7. The average Bonchev–Trinajstić information content (AvgIpc) is 3.07. The second-order valence-corrected chi connectivity index (χ2v) is 8.15. The summed E-state index contributed by atoms with van der Waals surface area (Å²) in [6, 6.07) is 16.2. The third-order valence-electron chi connectivity index (χ3n) is 6.61. The molecule has 4 heteroatoms. The Kier molecular flexibility index (Phi) is 5.26. The van der Waals surface area contributed by atoms with Gasteiger partial charge in [-0.05, 0) is 75.6 Å². The van der Waals surface area contributed by atoms with Gasteiger partial charge in [0.25, 0.3) is 0 Å². The lowest BCUT2D eigenvalue weighted by molar-refractivity contribution is 0.123. The number of hydrogen-bond donors (Lipinski definition) is 2. The zero-order chi connectivity index (χ0) is 19.7. The first kappa shape index (κ1) is 19.2. The van der Waals surface area contributed by atoms with Gasteiger partial charge in [0.1, 0.15) is 5.82 Å². The van der Waals surface area contributed by atoms with Crippen LogP contribution in [0.1, 0.15) is 49.0 Å². The van der Waals surface area contributed by atoms with Crippen LogP contribution in [-0.4, -0.2) is 30.5 Å². The Morgan fingerprint density at radius 2 is 1.93 bits per heavy atom. The smallest absolute Gasteiger partial charge is 0.125 e. The lowest BCUT2D eigenvalue weighted by Gasteiger charge is -2.41. The van der Waals surface area contributed by atoms with Crippen LogP contribution in [0.15, 0.2) is 48.5 Å². The van der Waals surface area contributed by atoms with Gasteiger partial charge in [-0.2, -0.15) is 0 Å². The van der Waals surface area contributed by atoms with Gasteiger partial charge in [-0.15, -0.1) is 0 Å². The number of aromatic nitrogens is 1. The first-order chi connectivity index (χ1) is 13.5. The Bertz CT molecular complexity index is 947. The molecular formula is C24H30FN3. The summed E-state index contributed by atoms with van der Waals surface area (Å²) in [5.41, 5.74) is 4.89. The second kappa shape index (κ2) is 7.69. The summed E-state index contributed by atoms with van der Waals surface area (Å²) in [5.74, 6) is -0.183. The number of hydrogen-bond acceptors (Lipinski definition) is 2.